The van der Waals surface area contributed by atoms with Crippen molar-refractivity contribution in [2.45, 2.75) is 45.3 Å². The summed E-state index contributed by atoms with van der Waals surface area (Å²) in [5.41, 5.74) is -1.41. The number of rotatable bonds is 4. The zero-order chi connectivity index (χ0) is 18.0. The van der Waals surface area contributed by atoms with Crippen LogP contribution < -0.4 is 10.6 Å². The summed E-state index contributed by atoms with van der Waals surface area (Å²) in [6.45, 7) is 8.05. The average Bonchev–Trinajstić information content (AvgIpc) is 3.01. The molecule has 2 heterocycles. The fourth-order valence-electron chi connectivity index (χ4n) is 2.58. The molecule has 0 radical (unpaired) electrons. The summed E-state index contributed by atoms with van der Waals surface area (Å²) in [7, 11) is 0. The molecule has 2 rings (SSSR count). The summed E-state index contributed by atoms with van der Waals surface area (Å²) in [5.74, 6) is 1.18. The van der Waals surface area contributed by atoms with Crippen molar-refractivity contribution >= 4 is 18.0 Å². The number of likely N-dealkylation sites (tertiary alicyclic amines) is 1. The minimum absolute atomic E-state index is 0.220. The van der Waals surface area contributed by atoms with Crippen molar-refractivity contribution in [3.8, 4) is 0 Å². The van der Waals surface area contributed by atoms with E-state index >= 15 is 0 Å². The van der Waals surface area contributed by atoms with Gasteiger partial charge in [-0.3, -0.25) is 0 Å². The van der Waals surface area contributed by atoms with Crippen LogP contribution in [0.25, 0.3) is 0 Å². The molecule has 0 unspecified atom stereocenters. The first-order chi connectivity index (χ1) is 11.1. The molecule has 134 valence electrons. The number of nitrogens with zero attached hydrogens (tertiary/aromatic N) is 2. The SMILES string of the molecule is Cc1cc(NC[C@@]2(NC(=O)O)CCN(C(=O)OC(C)(C)C)C2)no1. The number of hydrogen-bond donors (Lipinski definition) is 3. The van der Waals surface area contributed by atoms with Gasteiger partial charge in [-0.15, -0.1) is 0 Å². The number of hydrogen-bond acceptors (Lipinski definition) is 6. The van der Waals surface area contributed by atoms with E-state index in [0.29, 0.717) is 24.5 Å². The summed E-state index contributed by atoms with van der Waals surface area (Å²) >= 11 is 0. The summed E-state index contributed by atoms with van der Waals surface area (Å²) in [5, 5.41) is 18.5. The van der Waals surface area contributed by atoms with Crippen LogP contribution in [0.3, 0.4) is 0 Å². The molecule has 2 amide bonds. The first kappa shape index (κ1) is 17.9. The molecule has 1 fully saturated rings. The normalized spacial score (nSPS) is 20.8. The first-order valence-electron chi connectivity index (χ1n) is 7.75. The number of amides is 2. The van der Waals surface area contributed by atoms with E-state index in [1.807, 2.05) is 0 Å². The molecule has 0 saturated carbocycles. The molecular formula is C15H24N4O5. The quantitative estimate of drug-likeness (QED) is 0.768. The molecule has 1 aliphatic rings. The molecule has 0 bridgehead atoms. The minimum Gasteiger partial charge on any atom is -0.465 e. The number of ether oxygens (including phenoxy) is 1. The molecule has 1 aromatic heterocycles. The smallest absolute Gasteiger partial charge is 0.410 e. The van der Waals surface area contributed by atoms with E-state index < -0.39 is 23.3 Å². The molecule has 9 heteroatoms. The largest absolute Gasteiger partial charge is 0.465 e. The van der Waals surface area contributed by atoms with Gasteiger partial charge in [-0.2, -0.15) is 0 Å². The molecule has 1 aliphatic heterocycles. The number of nitrogens with one attached hydrogen (secondary N) is 2. The van der Waals surface area contributed by atoms with E-state index in [0.717, 1.165) is 0 Å². The van der Waals surface area contributed by atoms with Gasteiger partial charge in [0.25, 0.3) is 0 Å². The lowest BCUT2D eigenvalue weighted by atomic mass is 9.99. The maximum Gasteiger partial charge on any atom is 0.410 e. The maximum atomic E-state index is 12.2. The Morgan fingerprint density at radius 1 is 1.50 bits per heavy atom. The second kappa shape index (κ2) is 6.58. The van der Waals surface area contributed by atoms with Crippen molar-refractivity contribution in [2.24, 2.45) is 0 Å². The highest BCUT2D eigenvalue weighted by Gasteiger charge is 2.42. The number of aryl methyl sites for hydroxylation is 1. The maximum absolute atomic E-state index is 12.2. The lowest BCUT2D eigenvalue weighted by Crippen LogP contribution is -2.55. The highest BCUT2D eigenvalue weighted by Crippen LogP contribution is 2.24. The number of anilines is 1. The van der Waals surface area contributed by atoms with E-state index in [9.17, 15) is 9.59 Å². The van der Waals surface area contributed by atoms with E-state index in [1.165, 1.54) is 4.90 Å². The Labute approximate surface area is 140 Å². The highest BCUT2D eigenvalue weighted by molar-refractivity contribution is 5.70. The van der Waals surface area contributed by atoms with Crippen LogP contribution in [0.15, 0.2) is 10.6 Å². The van der Waals surface area contributed by atoms with Gasteiger partial charge >= 0.3 is 12.2 Å². The summed E-state index contributed by atoms with van der Waals surface area (Å²) < 4.78 is 10.3. The Bertz CT molecular complexity index is 609. The van der Waals surface area contributed by atoms with Gasteiger partial charge in [-0.25, -0.2) is 9.59 Å². The Morgan fingerprint density at radius 3 is 2.75 bits per heavy atom. The third-order valence-corrected chi connectivity index (χ3v) is 3.61. The van der Waals surface area contributed by atoms with Gasteiger partial charge in [0.1, 0.15) is 11.4 Å². The fourth-order valence-corrected chi connectivity index (χ4v) is 2.58. The van der Waals surface area contributed by atoms with Crippen LogP contribution in [-0.2, 0) is 4.74 Å². The van der Waals surface area contributed by atoms with Crippen molar-refractivity contribution in [1.82, 2.24) is 15.4 Å². The summed E-state index contributed by atoms with van der Waals surface area (Å²) in [4.78, 5) is 24.9. The molecule has 0 spiro atoms. The van der Waals surface area contributed by atoms with Crippen molar-refractivity contribution < 1.29 is 24.0 Å². The Kier molecular flexibility index (Phi) is 4.91. The zero-order valence-electron chi connectivity index (χ0n) is 14.4. The van der Waals surface area contributed by atoms with Crippen LogP contribution in [0.5, 0.6) is 0 Å². The van der Waals surface area contributed by atoms with Gasteiger partial charge in [0.15, 0.2) is 5.82 Å². The second-order valence-corrected chi connectivity index (χ2v) is 7.04. The summed E-state index contributed by atoms with van der Waals surface area (Å²) in [6, 6.07) is 1.72. The van der Waals surface area contributed by atoms with Gasteiger partial charge in [-0.1, -0.05) is 5.16 Å². The van der Waals surface area contributed by atoms with Crippen molar-refractivity contribution in [1.29, 1.82) is 0 Å². The molecule has 1 aromatic rings. The summed E-state index contributed by atoms with van der Waals surface area (Å²) in [6.07, 6.45) is -1.12. The third-order valence-electron chi connectivity index (χ3n) is 3.61. The Morgan fingerprint density at radius 2 is 2.21 bits per heavy atom. The van der Waals surface area contributed by atoms with Gasteiger partial charge in [0.2, 0.25) is 0 Å². The van der Waals surface area contributed by atoms with E-state index in [1.54, 1.807) is 33.8 Å². The molecule has 3 N–H and O–H groups in total. The number of aromatic nitrogens is 1. The first-order valence-corrected chi connectivity index (χ1v) is 7.75. The van der Waals surface area contributed by atoms with Crippen LogP contribution in [0.1, 0.15) is 33.0 Å². The van der Waals surface area contributed by atoms with Crippen LogP contribution in [0, 0.1) is 6.92 Å². The second-order valence-electron chi connectivity index (χ2n) is 7.04. The highest BCUT2D eigenvalue weighted by atomic mass is 16.6. The van der Waals surface area contributed by atoms with Gasteiger partial charge in [-0.05, 0) is 34.1 Å². The molecule has 1 atom stereocenters. The monoisotopic (exact) mass is 340 g/mol. The van der Waals surface area contributed by atoms with Crippen LogP contribution in [-0.4, -0.2) is 58.1 Å². The third kappa shape index (κ3) is 4.77. The van der Waals surface area contributed by atoms with Gasteiger partial charge in [0, 0.05) is 25.7 Å². The number of carbonyl (C=O) groups is 2. The standard InChI is InChI=1S/C15H24N4O5/c1-10-7-11(18-24-10)16-8-15(17-12(20)21)5-6-19(9-15)13(22)23-14(2,3)4/h7,17H,5-6,8-9H2,1-4H3,(H,16,18)(H,20,21)/t15-/m0/s1. The van der Waals surface area contributed by atoms with Crippen molar-refractivity contribution in [2.75, 3.05) is 25.0 Å². The molecular weight excluding hydrogens is 316 g/mol. The minimum atomic E-state index is -1.14. The predicted molar refractivity (Wildman–Crippen MR) is 86.0 cm³/mol. The lowest BCUT2D eigenvalue weighted by Gasteiger charge is -2.30. The van der Waals surface area contributed by atoms with E-state index in [-0.39, 0.29) is 13.1 Å². The molecule has 24 heavy (non-hydrogen) atoms. The number of carbonyl (C=O) groups excluding carboxylic acids is 1. The topological polar surface area (TPSA) is 117 Å². The average molecular weight is 340 g/mol. The Balaban J connectivity index is 2.03. The molecule has 0 aliphatic carbocycles. The van der Waals surface area contributed by atoms with E-state index in [2.05, 4.69) is 15.8 Å². The van der Waals surface area contributed by atoms with Gasteiger partial charge < -0.3 is 29.9 Å². The van der Waals surface area contributed by atoms with E-state index in [4.69, 9.17) is 14.4 Å². The van der Waals surface area contributed by atoms with Gasteiger partial charge in [0.05, 0.1) is 5.54 Å². The number of carboxylic acid groups (broad SMARTS) is 1. The van der Waals surface area contributed by atoms with Crippen molar-refractivity contribution in [3.63, 3.8) is 0 Å². The molecule has 0 aromatic carbocycles. The molecule has 9 nitrogen and oxygen atoms in total. The fraction of sp³-hybridized carbons (Fsp3) is 0.667. The molecule has 1 saturated heterocycles. The van der Waals surface area contributed by atoms with Crippen molar-refractivity contribution in [3.05, 3.63) is 11.8 Å². The van der Waals surface area contributed by atoms with Crippen LogP contribution >= 0.6 is 0 Å². The van der Waals surface area contributed by atoms with Crippen LogP contribution in [0.2, 0.25) is 0 Å². The predicted octanol–water partition coefficient (Wildman–Crippen LogP) is 2.04. The Hall–Kier alpha value is -2.45. The lowest BCUT2D eigenvalue weighted by molar-refractivity contribution is 0.0281. The zero-order valence-corrected chi connectivity index (χ0v) is 14.4. The van der Waals surface area contributed by atoms with Crippen LogP contribution in [0.4, 0.5) is 15.4 Å².